The Morgan fingerprint density at radius 2 is 1.50 bits per heavy atom. The molecule has 1 rings (SSSR count). The molecule has 0 unspecified atom stereocenters. The average Bonchev–Trinajstić information content (AvgIpc) is 2.53. The van der Waals surface area contributed by atoms with Crippen molar-refractivity contribution < 1.29 is 28.8 Å². The summed E-state index contributed by atoms with van der Waals surface area (Å²) < 4.78 is 21.9. The molecule has 0 bridgehead atoms. The third kappa shape index (κ3) is 12.1. The minimum absolute atomic E-state index is 0.000261. The van der Waals surface area contributed by atoms with E-state index in [1.54, 1.807) is 0 Å². The first-order chi connectivity index (χ1) is 13.0. The second kappa shape index (κ2) is 11.5. The van der Waals surface area contributed by atoms with Crippen LogP contribution in [0.2, 0.25) is 51.4 Å². The van der Waals surface area contributed by atoms with Crippen molar-refractivity contribution in [3.63, 3.8) is 0 Å². The monoisotopic (exact) mass is 430 g/mol. The zero-order chi connectivity index (χ0) is 21.2. The molecule has 8 nitrogen and oxygen atoms in total. The molecule has 0 atom stereocenters. The van der Waals surface area contributed by atoms with Gasteiger partial charge in [-0.1, -0.05) is 39.3 Å². The van der Waals surface area contributed by atoms with Crippen LogP contribution in [0.4, 0.5) is 0 Å². The molecule has 0 saturated heterocycles. The number of hydrogen-bond donors (Lipinski definition) is 1. The van der Waals surface area contributed by atoms with Gasteiger partial charge in [0.15, 0.2) is 13.6 Å². The van der Waals surface area contributed by atoms with Gasteiger partial charge in [-0.15, -0.1) is 0 Å². The van der Waals surface area contributed by atoms with Gasteiger partial charge in [-0.25, -0.2) is 4.98 Å². The summed E-state index contributed by atoms with van der Waals surface area (Å²) in [5, 5.41) is 9.04. The van der Waals surface area contributed by atoms with Crippen molar-refractivity contribution in [2.45, 2.75) is 57.8 Å². The summed E-state index contributed by atoms with van der Waals surface area (Å²) in [7, 11) is -2.33. The lowest BCUT2D eigenvalue weighted by Gasteiger charge is -2.16. The van der Waals surface area contributed by atoms with Crippen molar-refractivity contribution in [2.24, 2.45) is 0 Å². The second-order valence-corrected chi connectivity index (χ2v) is 20.3. The number of carbonyl (C=O) groups is 1. The number of nitrogens with zero attached hydrogens (tertiary/aromatic N) is 2. The maximum absolute atomic E-state index is 11.0. The van der Waals surface area contributed by atoms with Gasteiger partial charge in [0.25, 0.3) is 0 Å². The predicted octanol–water partition coefficient (Wildman–Crippen LogP) is 3.49. The highest BCUT2D eigenvalue weighted by Gasteiger charge is 2.15. The molecule has 1 N–H and O–H groups in total. The van der Waals surface area contributed by atoms with Crippen molar-refractivity contribution in [1.82, 2.24) is 9.97 Å². The number of rotatable bonds is 14. The summed E-state index contributed by atoms with van der Waals surface area (Å²) in [4.78, 5) is 19.2. The van der Waals surface area contributed by atoms with E-state index in [1.807, 2.05) is 0 Å². The van der Waals surface area contributed by atoms with Crippen LogP contribution in [0.5, 0.6) is 11.9 Å². The fraction of sp³-hybridized carbons (Fsp3) is 0.722. The van der Waals surface area contributed by atoms with Crippen LogP contribution in [0.15, 0.2) is 6.20 Å². The normalized spacial score (nSPS) is 12.1. The number of ether oxygens (including phenoxy) is 4. The summed E-state index contributed by atoms with van der Waals surface area (Å²) in [5.74, 6) is -0.834. The Hall–Kier alpha value is -1.50. The van der Waals surface area contributed by atoms with Gasteiger partial charge in [-0.3, -0.25) is 4.79 Å². The van der Waals surface area contributed by atoms with Crippen molar-refractivity contribution in [3.05, 3.63) is 11.8 Å². The van der Waals surface area contributed by atoms with E-state index >= 15 is 0 Å². The van der Waals surface area contributed by atoms with Gasteiger partial charge >= 0.3 is 12.0 Å². The molecular formula is C18H34N2O6Si2. The molecule has 160 valence electrons. The molecule has 10 heteroatoms. The highest BCUT2D eigenvalue weighted by atomic mass is 28.3. The number of carboxylic acid groups (broad SMARTS) is 1. The van der Waals surface area contributed by atoms with E-state index in [1.165, 1.54) is 6.20 Å². The van der Waals surface area contributed by atoms with Gasteiger partial charge in [0.05, 0.1) is 6.42 Å². The Kier molecular flexibility index (Phi) is 10.1. The number of aliphatic carboxylic acids is 1. The van der Waals surface area contributed by atoms with Crippen molar-refractivity contribution in [1.29, 1.82) is 0 Å². The van der Waals surface area contributed by atoms with Crippen LogP contribution < -0.4 is 9.47 Å². The van der Waals surface area contributed by atoms with E-state index in [4.69, 9.17) is 24.1 Å². The molecule has 0 spiro atoms. The Morgan fingerprint density at radius 3 is 2.00 bits per heavy atom. The van der Waals surface area contributed by atoms with Crippen molar-refractivity contribution >= 4 is 22.1 Å². The maximum Gasteiger partial charge on any atom is 0.321 e. The molecule has 0 amide bonds. The van der Waals surface area contributed by atoms with E-state index < -0.39 is 22.1 Å². The summed E-state index contributed by atoms with van der Waals surface area (Å²) in [6.07, 6.45) is 1.16. The molecule has 1 aromatic rings. The van der Waals surface area contributed by atoms with Crippen LogP contribution >= 0.6 is 0 Å². The molecule has 0 aliphatic rings. The first-order valence-corrected chi connectivity index (χ1v) is 16.9. The largest absolute Gasteiger partial charge is 0.481 e. The Labute approximate surface area is 169 Å². The molecule has 0 fully saturated rings. The molecule has 0 aromatic carbocycles. The summed E-state index contributed by atoms with van der Waals surface area (Å²) in [6, 6.07) is 2.14. The molecule has 0 saturated carbocycles. The van der Waals surface area contributed by atoms with Crippen molar-refractivity contribution in [3.8, 4) is 11.9 Å². The first kappa shape index (κ1) is 24.5. The SMILES string of the molecule is C[Si](C)(C)CCOCOc1ncc(CC(=O)O)c(OCOCC[Si](C)(C)C)n1. The second-order valence-electron chi connectivity index (χ2n) is 9.02. The van der Waals surface area contributed by atoms with Crippen LogP contribution in [0.3, 0.4) is 0 Å². The minimum atomic E-state index is -1.18. The molecule has 1 heterocycles. The van der Waals surface area contributed by atoms with Crippen LogP contribution in [0.25, 0.3) is 0 Å². The van der Waals surface area contributed by atoms with Gasteiger partial charge in [0.2, 0.25) is 5.88 Å². The lowest BCUT2D eigenvalue weighted by Crippen LogP contribution is -2.22. The Morgan fingerprint density at radius 1 is 0.964 bits per heavy atom. The highest BCUT2D eigenvalue weighted by Crippen LogP contribution is 2.19. The molecule has 1 aromatic heterocycles. The van der Waals surface area contributed by atoms with Crippen LogP contribution in [-0.4, -0.2) is 64.0 Å². The number of aromatic nitrogens is 2. The standard InChI is InChI=1S/C18H34N2O6Si2/c1-27(2,3)9-7-23-13-25-17-15(11-16(21)22)12-19-18(20-17)26-14-24-8-10-28(4,5)6/h12H,7-11,13-14H2,1-6H3,(H,21,22). The maximum atomic E-state index is 11.0. The summed E-state index contributed by atoms with van der Waals surface area (Å²) in [5.41, 5.74) is 0.369. The molecule has 28 heavy (non-hydrogen) atoms. The van der Waals surface area contributed by atoms with E-state index in [0.29, 0.717) is 18.8 Å². The molecule has 0 aliphatic heterocycles. The van der Waals surface area contributed by atoms with E-state index in [2.05, 4.69) is 49.3 Å². The van der Waals surface area contributed by atoms with Gasteiger partial charge in [0.1, 0.15) is 0 Å². The third-order valence-electron chi connectivity index (χ3n) is 3.69. The van der Waals surface area contributed by atoms with Crippen LogP contribution in [-0.2, 0) is 20.7 Å². The van der Waals surface area contributed by atoms with E-state index in [9.17, 15) is 4.79 Å². The summed E-state index contributed by atoms with van der Waals surface area (Å²) >= 11 is 0. The van der Waals surface area contributed by atoms with Crippen LogP contribution in [0.1, 0.15) is 5.56 Å². The summed E-state index contributed by atoms with van der Waals surface area (Å²) in [6.45, 7) is 14.9. The van der Waals surface area contributed by atoms with Gasteiger partial charge < -0.3 is 24.1 Å². The molecule has 0 aliphatic carbocycles. The van der Waals surface area contributed by atoms with Gasteiger partial charge in [-0.05, 0) is 12.1 Å². The number of carboxylic acids is 1. The number of hydrogen-bond acceptors (Lipinski definition) is 7. The van der Waals surface area contributed by atoms with E-state index in [0.717, 1.165) is 12.1 Å². The Balaban J connectivity index is 2.56. The topological polar surface area (TPSA) is 100 Å². The molecule has 0 radical (unpaired) electrons. The first-order valence-electron chi connectivity index (χ1n) is 9.45. The zero-order valence-electron chi connectivity index (χ0n) is 17.9. The predicted molar refractivity (Wildman–Crippen MR) is 113 cm³/mol. The van der Waals surface area contributed by atoms with Gasteiger partial charge in [0, 0.05) is 41.1 Å². The molecular weight excluding hydrogens is 396 g/mol. The van der Waals surface area contributed by atoms with E-state index in [-0.39, 0.29) is 31.9 Å². The highest BCUT2D eigenvalue weighted by molar-refractivity contribution is 6.76. The smallest absolute Gasteiger partial charge is 0.321 e. The quantitative estimate of drug-likeness (QED) is 0.272. The third-order valence-corrected chi connectivity index (χ3v) is 7.10. The zero-order valence-corrected chi connectivity index (χ0v) is 19.9. The fourth-order valence-electron chi connectivity index (χ4n) is 1.92. The fourth-order valence-corrected chi connectivity index (χ4v) is 3.43. The van der Waals surface area contributed by atoms with Gasteiger partial charge in [-0.2, -0.15) is 4.98 Å². The lowest BCUT2D eigenvalue weighted by molar-refractivity contribution is -0.136. The average molecular weight is 431 g/mol. The van der Waals surface area contributed by atoms with Crippen LogP contribution in [0, 0.1) is 0 Å². The minimum Gasteiger partial charge on any atom is -0.481 e. The Bertz CT molecular complexity index is 617. The van der Waals surface area contributed by atoms with Crippen molar-refractivity contribution in [2.75, 3.05) is 26.8 Å². The lowest BCUT2D eigenvalue weighted by atomic mass is 10.2.